The van der Waals surface area contributed by atoms with Gasteiger partial charge in [-0.25, -0.2) is 4.79 Å². The number of urea groups is 1. The Balaban J connectivity index is 1.89. The number of methoxy groups -OCH3 is 1. The Kier molecular flexibility index (Phi) is 4.79. The number of nitrogens with one attached hydrogen (secondary N) is 3. The lowest BCUT2D eigenvalue weighted by molar-refractivity contribution is -0.113. The molecule has 26 heavy (non-hydrogen) atoms. The Morgan fingerprint density at radius 1 is 1.12 bits per heavy atom. The van der Waals surface area contributed by atoms with Crippen molar-refractivity contribution in [2.24, 2.45) is 0 Å². The molecule has 0 bridgehead atoms. The van der Waals surface area contributed by atoms with E-state index < -0.39 is 6.04 Å². The Morgan fingerprint density at radius 2 is 1.77 bits per heavy atom. The van der Waals surface area contributed by atoms with Crippen molar-refractivity contribution in [1.82, 2.24) is 10.6 Å². The van der Waals surface area contributed by atoms with Crippen molar-refractivity contribution in [2.75, 3.05) is 12.4 Å². The van der Waals surface area contributed by atoms with Gasteiger partial charge < -0.3 is 25.8 Å². The lowest BCUT2D eigenvalue weighted by atomic mass is 9.94. The van der Waals surface area contributed by atoms with E-state index in [0.29, 0.717) is 28.3 Å². The number of anilines is 1. The van der Waals surface area contributed by atoms with Gasteiger partial charge in [0, 0.05) is 11.4 Å². The minimum Gasteiger partial charge on any atom is -0.508 e. The molecular formula is C19H19N3O4. The second kappa shape index (κ2) is 7.18. The molecule has 0 radical (unpaired) electrons. The number of ether oxygens (including phenoxy) is 1. The van der Waals surface area contributed by atoms with Crippen LogP contribution in [0.15, 0.2) is 59.8 Å². The van der Waals surface area contributed by atoms with Crippen LogP contribution in [0.5, 0.6) is 11.5 Å². The zero-order chi connectivity index (χ0) is 18.7. The van der Waals surface area contributed by atoms with Crippen molar-refractivity contribution in [3.05, 3.63) is 65.4 Å². The first kappa shape index (κ1) is 17.3. The number of benzene rings is 2. The second-order valence-corrected chi connectivity index (χ2v) is 5.84. The number of rotatable bonds is 4. The number of aromatic hydroxyl groups is 1. The molecule has 2 aromatic rings. The molecule has 0 aromatic heterocycles. The monoisotopic (exact) mass is 353 g/mol. The lowest BCUT2D eigenvalue weighted by Gasteiger charge is -2.28. The molecule has 7 nitrogen and oxygen atoms in total. The summed E-state index contributed by atoms with van der Waals surface area (Å²) in [5.74, 6) is 0.462. The van der Waals surface area contributed by atoms with E-state index in [0.717, 1.165) is 0 Å². The topological polar surface area (TPSA) is 99.7 Å². The van der Waals surface area contributed by atoms with Crippen LogP contribution in [0.3, 0.4) is 0 Å². The van der Waals surface area contributed by atoms with E-state index in [4.69, 9.17) is 4.74 Å². The van der Waals surface area contributed by atoms with E-state index in [1.807, 2.05) is 0 Å². The first-order valence-corrected chi connectivity index (χ1v) is 8.00. The third kappa shape index (κ3) is 3.61. The average molecular weight is 353 g/mol. The normalized spacial score (nSPS) is 16.5. The molecule has 4 N–H and O–H groups in total. The highest BCUT2D eigenvalue weighted by Gasteiger charge is 2.31. The van der Waals surface area contributed by atoms with Gasteiger partial charge in [-0.15, -0.1) is 0 Å². The summed E-state index contributed by atoms with van der Waals surface area (Å²) in [7, 11) is 1.57. The zero-order valence-corrected chi connectivity index (χ0v) is 14.4. The summed E-state index contributed by atoms with van der Waals surface area (Å²) in [4.78, 5) is 24.7. The van der Waals surface area contributed by atoms with Crippen LogP contribution in [0.2, 0.25) is 0 Å². The summed E-state index contributed by atoms with van der Waals surface area (Å²) in [5.41, 5.74) is 2.17. The molecule has 0 spiro atoms. The number of phenolic OH excluding ortho intramolecular Hbond substituents is 1. The van der Waals surface area contributed by atoms with Crippen molar-refractivity contribution in [2.45, 2.75) is 13.0 Å². The van der Waals surface area contributed by atoms with Gasteiger partial charge in [-0.3, -0.25) is 4.79 Å². The van der Waals surface area contributed by atoms with Gasteiger partial charge >= 0.3 is 6.03 Å². The van der Waals surface area contributed by atoms with Crippen molar-refractivity contribution in [3.8, 4) is 11.5 Å². The molecule has 0 aliphatic carbocycles. The zero-order valence-electron chi connectivity index (χ0n) is 14.4. The number of hydrogen-bond donors (Lipinski definition) is 4. The summed E-state index contributed by atoms with van der Waals surface area (Å²) >= 11 is 0. The van der Waals surface area contributed by atoms with Crippen LogP contribution in [-0.2, 0) is 4.79 Å². The molecule has 1 aliphatic heterocycles. The van der Waals surface area contributed by atoms with Gasteiger partial charge in [0.25, 0.3) is 5.91 Å². The fraction of sp³-hybridized carbons (Fsp3) is 0.158. The van der Waals surface area contributed by atoms with Crippen LogP contribution in [0.1, 0.15) is 18.5 Å². The predicted octanol–water partition coefficient (Wildman–Crippen LogP) is 2.67. The number of carbonyl (C=O) groups is 2. The maximum absolute atomic E-state index is 12.8. The highest BCUT2D eigenvalue weighted by molar-refractivity contribution is 6.06. The van der Waals surface area contributed by atoms with Crippen molar-refractivity contribution < 1.29 is 19.4 Å². The highest BCUT2D eigenvalue weighted by atomic mass is 16.5. The van der Waals surface area contributed by atoms with Gasteiger partial charge in [0.05, 0.1) is 18.7 Å². The molecule has 0 saturated carbocycles. The van der Waals surface area contributed by atoms with Gasteiger partial charge in [0.2, 0.25) is 0 Å². The van der Waals surface area contributed by atoms with Gasteiger partial charge in [-0.1, -0.05) is 12.1 Å². The van der Waals surface area contributed by atoms with E-state index in [-0.39, 0.29) is 17.7 Å². The fourth-order valence-electron chi connectivity index (χ4n) is 2.78. The molecule has 2 aromatic carbocycles. The van der Waals surface area contributed by atoms with Crippen molar-refractivity contribution in [3.63, 3.8) is 0 Å². The summed E-state index contributed by atoms with van der Waals surface area (Å²) in [6.45, 7) is 1.68. The molecule has 3 rings (SSSR count). The van der Waals surface area contributed by atoms with E-state index in [9.17, 15) is 14.7 Å². The predicted molar refractivity (Wildman–Crippen MR) is 96.8 cm³/mol. The minimum atomic E-state index is -0.623. The molecule has 1 heterocycles. The molecule has 7 heteroatoms. The van der Waals surface area contributed by atoms with Gasteiger partial charge in [0.15, 0.2) is 0 Å². The summed E-state index contributed by atoms with van der Waals surface area (Å²) in [5, 5.41) is 17.7. The number of allylic oxidation sites excluding steroid dienone is 1. The van der Waals surface area contributed by atoms with Crippen molar-refractivity contribution >= 4 is 17.6 Å². The number of amides is 3. The van der Waals surface area contributed by atoms with Crippen molar-refractivity contribution in [1.29, 1.82) is 0 Å². The lowest BCUT2D eigenvalue weighted by Crippen LogP contribution is -2.45. The first-order chi connectivity index (χ1) is 12.5. The van der Waals surface area contributed by atoms with E-state index >= 15 is 0 Å². The third-order valence-electron chi connectivity index (χ3n) is 4.09. The van der Waals surface area contributed by atoms with Crippen LogP contribution >= 0.6 is 0 Å². The van der Waals surface area contributed by atoms with Crippen LogP contribution in [0.25, 0.3) is 0 Å². The van der Waals surface area contributed by atoms with Crippen LogP contribution in [-0.4, -0.2) is 24.2 Å². The van der Waals surface area contributed by atoms with Gasteiger partial charge in [0.1, 0.15) is 11.5 Å². The standard InChI is InChI=1S/C19H19N3O4/c1-11-16(18(24)21-13-5-9-15(26-2)10-6-13)17(22-19(25)20-11)12-3-7-14(23)8-4-12/h3-10,17,23H,1-2H3,(H,21,24)(H2,20,22,25). The third-order valence-corrected chi connectivity index (χ3v) is 4.09. The molecule has 3 amide bonds. The molecule has 1 aliphatic rings. The summed E-state index contributed by atoms with van der Waals surface area (Å²) < 4.78 is 5.10. The molecule has 134 valence electrons. The van der Waals surface area contributed by atoms with Crippen LogP contribution < -0.4 is 20.7 Å². The fourth-order valence-corrected chi connectivity index (χ4v) is 2.78. The smallest absolute Gasteiger partial charge is 0.319 e. The van der Waals surface area contributed by atoms with E-state index in [1.165, 1.54) is 12.1 Å². The molecule has 1 unspecified atom stereocenters. The average Bonchev–Trinajstić information content (AvgIpc) is 2.62. The SMILES string of the molecule is COc1ccc(NC(=O)C2=C(C)NC(=O)NC2c2ccc(O)cc2)cc1. The Labute approximate surface area is 150 Å². The molecule has 1 atom stereocenters. The summed E-state index contributed by atoms with van der Waals surface area (Å²) in [6.07, 6.45) is 0. The summed E-state index contributed by atoms with van der Waals surface area (Å²) in [6, 6.07) is 12.3. The highest BCUT2D eigenvalue weighted by Crippen LogP contribution is 2.29. The Hall–Kier alpha value is -3.48. The molecule has 0 saturated heterocycles. The number of hydrogen-bond acceptors (Lipinski definition) is 4. The van der Waals surface area contributed by atoms with E-state index in [2.05, 4.69) is 16.0 Å². The Morgan fingerprint density at radius 3 is 2.38 bits per heavy atom. The Bertz CT molecular complexity index is 857. The molecule has 0 fully saturated rings. The maximum atomic E-state index is 12.8. The largest absolute Gasteiger partial charge is 0.508 e. The van der Waals surface area contributed by atoms with Crippen LogP contribution in [0.4, 0.5) is 10.5 Å². The second-order valence-electron chi connectivity index (χ2n) is 5.84. The molecular weight excluding hydrogens is 334 g/mol. The maximum Gasteiger partial charge on any atom is 0.319 e. The number of carbonyl (C=O) groups excluding carboxylic acids is 2. The van der Waals surface area contributed by atoms with Gasteiger partial charge in [-0.05, 0) is 48.9 Å². The number of phenols is 1. The van der Waals surface area contributed by atoms with Crippen LogP contribution in [0, 0.1) is 0 Å². The van der Waals surface area contributed by atoms with Gasteiger partial charge in [-0.2, -0.15) is 0 Å². The van der Waals surface area contributed by atoms with E-state index in [1.54, 1.807) is 50.4 Å². The quantitative estimate of drug-likeness (QED) is 0.679. The first-order valence-electron chi connectivity index (χ1n) is 8.00. The minimum absolute atomic E-state index is 0.110.